The Balaban J connectivity index is 1.68. The fourth-order valence-electron chi connectivity index (χ4n) is 5.20. The van der Waals surface area contributed by atoms with Gasteiger partial charge in [-0.2, -0.15) is 0 Å². The van der Waals surface area contributed by atoms with Gasteiger partial charge in [0.15, 0.2) is 0 Å². The van der Waals surface area contributed by atoms with Crippen molar-refractivity contribution in [2.45, 2.75) is 78.1 Å². The van der Waals surface area contributed by atoms with Gasteiger partial charge in [-0.1, -0.05) is 33.3 Å². The van der Waals surface area contributed by atoms with Crippen LogP contribution in [0.1, 0.15) is 80.6 Å². The third-order valence-electron chi connectivity index (χ3n) is 6.70. The summed E-state index contributed by atoms with van der Waals surface area (Å²) in [4.78, 5) is 12.6. The summed E-state index contributed by atoms with van der Waals surface area (Å²) in [7, 11) is 0. The number of nitrogens with two attached hydrogens (primary N) is 1. The lowest BCUT2D eigenvalue weighted by Crippen LogP contribution is -2.36. The standard InChI is InChI=1S/C25H36N4/c1-4-7-18-9-11-20(26)15-22(18)19-10-12-21-23(14-19)27-24(5-2)28-25(21)29-13-6-8-17(3)16-29/h9,11,15,17,19H,4-8,10,12-14,16,26H2,1-3H3. The molecule has 0 bridgehead atoms. The molecule has 1 aliphatic carbocycles. The molecule has 4 heteroatoms. The first kappa shape index (κ1) is 20.2. The Bertz CT molecular complexity index is 860. The fourth-order valence-corrected chi connectivity index (χ4v) is 5.20. The van der Waals surface area contributed by atoms with Gasteiger partial charge in [-0.25, -0.2) is 9.97 Å². The van der Waals surface area contributed by atoms with E-state index in [-0.39, 0.29) is 0 Å². The third-order valence-corrected chi connectivity index (χ3v) is 6.70. The van der Waals surface area contributed by atoms with Crippen molar-refractivity contribution in [3.8, 4) is 0 Å². The van der Waals surface area contributed by atoms with E-state index < -0.39 is 0 Å². The highest BCUT2D eigenvalue weighted by atomic mass is 15.2. The first-order chi connectivity index (χ1) is 14.1. The number of anilines is 2. The number of hydrogen-bond donors (Lipinski definition) is 1. The van der Waals surface area contributed by atoms with Gasteiger partial charge in [0.25, 0.3) is 0 Å². The summed E-state index contributed by atoms with van der Waals surface area (Å²) in [6.07, 6.45) is 9.05. The Morgan fingerprint density at radius 2 is 2.03 bits per heavy atom. The number of nitrogens with zero attached hydrogens (tertiary/aromatic N) is 3. The van der Waals surface area contributed by atoms with Crippen molar-refractivity contribution in [2.75, 3.05) is 23.7 Å². The molecule has 2 unspecified atom stereocenters. The van der Waals surface area contributed by atoms with Crippen LogP contribution in [0.15, 0.2) is 18.2 Å². The quantitative estimate of drug-likeness (QED) is 0.721. The highest BCUT2D eigenvalue weighted by molar-refractivity contribution is 5.53. The molecule has 2 atom stereocenters. The zero-order valence-electron chi connectivity index (χ0n) is 18.4. The summed E-state index contributed by atoms with van der Waals surface area (Å²) in [6, 6.07) is 6.51. The predicted octanol–water partition coefficient (Wildman–Crippen LogP) is 5.08. The van der Waals surface area contributed by atoms with Crippen LogP contribution in [-0.4, -0.2) is 23.1 Å². The molecule has 0 radical (unpaired) electrons. The van der Waals surface area contributed by atoms with Gasteiger partial charge >= 0.3 is 0 Å². The number of benzene rings is 1. The van der Waals surface area contributed by atoms with E-state index in [1.54, 1.807) is 0 Å². The van der Waals surface area contributed by atoms with Gasteiger partial charge in [0.1, 0.15) is 11.6 Å². The highest BCUT2D eigenvalue weighted by Crippen LogP contribution is 2.38. The van der Waals surface area contributed by atoms with Gasteiger partial charge < -0.3 is 10.6 Å². The average Bonchev–Trinajstić information content (AvgIpc) is 2.74. The largest absolute Gasteiger partial charge is 0.399 e. The molecule has 156 valence electrons. The Labute approximate surface area is 175 Å². The van der Waals surface area contributed by atoms with Crippen molar-refractivity contribution in [3.05, 3.63) is 46.4 Å². The normalized spacial score (nSPS) is 21.8. The number of piperidine rings is 1. The maximum atomic E-state index is 6.17. The monoisotopic (exact) mass is 392 g/mol. The lowest BCUT2D eigenvalue weighted by molar-refractivity contribution is 0.441. The van der Waals surface area contributed by atoms with Gasteiger partial charge in [0, 0.05) is 30.8 Å². The van der Waals surface area contributed by atoms with Crippen molar-refractivity contribution >= 4 is 11.5 Å². The van der Waals surface area contributed by atoms with E-state index >= 15 is 0 Å². The molecule has 1 aromatic heterocycles. The van der Waals surface area contributed by atoms with Gasteiger partial charge in [-0.15, -0.1) is 0 Å². The van der Waals surface area contributed by atoms with Crippen LogP contribution in [0, 0.1) is 5.92 Å². The number of rotatable bonds is 5. The van der Waals surface area contributed by atoms with Crippen molar-refractivity contribution in [3.63, 3.8) is 0 Å². The summed E-state index contributed by atoms with van der Waals surface area (Å²) in [5.41, 5.74) is 12.7. The molecule has 1 fully saturated rings. The number of aromatic nitrogens is 2. The Hall–Kier alpha value is -2.10. The average molecular weight is 393 g/mol. The van der Waals surface area contributed by atoms with Crippen molar-refractivity contribution in [1.29, 1.82) is 0 Å². The fraction of sp³-hybridized carbons (Fsp3) is 0.600. The maximum absolute atomic E-state index is 6.17. The number of fused-ring (bicyclic) bond motifs is 1. The summed E-state index contributed by atoms with van der Waals surface area (Å²) < 4.78 is 0. The maximum Gasteiger partial charge on any atom is 0.135 e. The molecule has 4 rings (SSSR count). The molecule has 1 aromatic carbocycles. The molecule has 0 saturated carbocycles. The molecule has 0 amide bonds. The number of aryl methyl sites for hydroxylation is 2. The Morgan fingerprint density at radius 3 is 2.79 bits per heavy atom. The summed E-state index contributed by atoms with van der Waals surface area (Å²) in [5.74, 6) is 3.50. The van der Waals surface area contributed by atoms with E-state index in [1.165, 1.54) is 53.9 Å². The second kappa shape index (κ2) is 8.73. The van der Waals surface area contributed by atoms with Gasteiger partial charge in [0.05, 0.1) is 5.69 Å². The van der Waals surface area contributed by atoms with Crippen LogP contribution in [0.4, 0.5) is 11.5 Å². The van der Waals surface area contributed by atoms with Crippen molar-refractivity contribution in [1.82, 2.24) is 9.97 Å². The van der Waals surface area contributed by atoms with Crippen LogP contribution in [0.3, 0.4) is 0 Å². The van der Waals surface area contributed by atoms with Crippen LogP contribution < -0.4 is 10.6 Å². The molecule has 2 aromatic rings. The van der Waals surface area contributed by atoms with E-state index in [4.69, 9.17) is 15.7 Å². The van der Waals surface area contributed by atoms with Crippen molar-refractivity contribution < 1.29 is 0 Å². The molecular weight excluding hydrogens is 356 g/mol. The number of hydrogen-bond acceptors (Lipinski definition) is 4. The van der Waals surface area contributed by atoms with Crippen LogP contribution in [0.2, 0.25) is 0 Å². The van der Waals surface area contributed by atoms with E-state index in [1.807, 2.05) is 0 Å². The number of nitrogen functional groups attached to an aromatic ring is 1. The SMILES string of the molecule is CCCc1ccc(N)cc1C1CCc2c(nc(CC)nc2N2CCCC(C)C2)C1. The smallest absolute Gasteiger partial charge is 0.135 e. The molecule has 0 spiro atoms. The molecule has 1 saturated heterocycles. The van der Waals surface area contributed by atoms with Crippen molar-refractivity contribution in [2.24, 2.45) is 5.92 Å². The zero-order chi connectivity index (χ0) is 20.4. The molecule has 29 heavy (non-hydrogen) atoms. The van der Waals surface area contributed by atoms with Crippen LogP contribution >= 0.6 is 0 Å². The van der Waals surface area contributed by atoms with Gasteiger partial charge in [0.2, 0.25) is 0 Å². The second-order valence-corrected chi connectivity index (χ2v) is 9.08. The van der Waals surface area contributed by atoms with Crippen LogP contribution in [0.5, 0.6) is 0 Å². The van der Waals surface area contributed by atoms with Crippen LogP contribution in [-0.2, 0) is 25.7 Å². The molecule has 4 nitrogen and oxygen atoms in total. The summed E-state index contributed by atoms with van der Waals surface area (Å²) in [6.45, 7) is 9.05. The third kappa shape index (κ3) is 4.26. The summed E-state index contributed by atoms with van der Waals surface area (Å²) >= 11 is 0. The lowest BCUT2D eigenvalue weighted by atomic mass is 9.79. The topological polar surface area (TPSA) is 55.0 Å². The Morgan fingerprint density at radius 1 is 1.17 bits per heavy atom. The Kier molecular flexibility index (Phi) is 6.07. The predicted molar refractivity (Wildman–Crippen MR) is 122 cm³/mol. The van der Waals surface area contributed by atoms with Gasteiger partial charge in [-0.3, -0.25) is 0 Å². The molecular formula is C25H36N4. The molecule has 2 N–H and O–H groups in total. The van der Waals surface area contributed by atoms with E-state index in [9.17, 15) is 0 Å². The van der Waals surface area contributed by atoms with Gasteiger partial charge in [-0.05, 0) is 73.6 Å². The van der Waals surface area contributed by atoms with E-state index in [2.05, 4.69) is 43.9 Å². The first-order valence-corrected chi connectivity index (χ1v) is 11.6. The molecule has 2 aliphatic rings. The minimum atomic E-state index is 0.514. The molecule has 1 aliphatic heterocycles. The lowest BCUT2D eigenvalue weighted by Gasteiger charge is -2.35. The minimum Gasteiger partial charge on any atom is -0.399 e. The zero-order valence-corrected chi connectivity index (χ0v) is 18.4. The summed E-state index contributed by atoms with van der Waals surface area (Å²) in [5, 5.41) is 0. The minimum absolute atomic E-state index is 0.514. The highest BCUT2D eigenvalue weighted by Gasteiger charge is 2.29. The first-order valence-electron chi connectivity index (χ1n) is 11.6. The van der Waals surface area contributed by atoms with E-state index in [0.717, 1.165) is 56.2 Å². The van der Waals surface area contributed by atoms with E-state index in [0.29, 0.717) is 5.92 Å². The second-order valence-electron chi connectivity index (χ2n) is 9.08. The van der Waals surface area contributed by atoms with Crippen LogP contribution in [0.25, 0.3) is 0 Å². The molecule has 2 heterocycles.